The predicted molar refractivity (Wildman–Crippen MR) is 82.6 cm³/mol. The first-order valence-electron chi connectivity index (χ1n) is 6.64. The first-order chi connectivity index (χ1) is 9.97. The minimum absolute atomic E-state index is 0.0550. The molecule has 0 amide bonds. The molecule has 0 N–H and O–H groups in total. The molecule has 0 fully saturated rings. The minimum Gasteiger partial charge on any atom is -0.293 e. The van der Waals surface area contributed by atoms with Gasteiger partial charge in [-0.1, -0.05) is 29.8 Å². The fourth-order valence-electron chi connectivity index (χ4n) is 2.01. The van der Waals surface area contributed by atoms with E-state index in [0.717, 1.165) is 23.3 Å². The van der Waals surface area contributed by atoms with Gasteiger partial charge in [0.25, 0.3) is 0 Å². The Bertz CT molecular complexity index is 655. The van der Waals surface area contributed by atoms with Gasteiger partial charge in [0.15, 0.2) is 5.78 Å². The maximum atomic E-state index is 13.6. The molecule has 4 heteroatoms. The van der Waals surface area contributed by atoms with Crippen molar-refractivity contribution in [1.82, 2.24) is 0 Å². The highest BCUT2D eigenvalue weighted by atomic mass is 32.2. The van der Waals surface area contributed by atoms with E-state index in [9.17, 15) is 13.6 Å². The maximum Gasteiger partial charge on any atom is 0.178 e. The van der Waals surface area contributed by atoms with E-state index < -0.39 is 11.6 Å². The van der Waals surface area contributed by atoms with E-state index in [1.807, 2.05) is 25.1 Å². The fourth-order valence-corrected chi connectivity index (χ4v) is 2.91. The van der Waals surface area contributed by atoms with Crippen molar-refractivity contribution in [3.63, 3.8) is 0 Å². The molecule has 0 aliphatic rings. The first-order valence-corrected chi connectivity index (χ1v) is 7.68. The van der Waals surface area contributed by atoms with Gasteiger partial charge in [0.05, 0.1) is 10.8 Å². The van der Waals surface area contributed by atoms with Crippen molar-refractivity contribution in [2.45, 2.75) is 24.9 Å². The van der Waals surface area contributed by atoms with Crippen LogP contribution in [0.2, 0.25) is 0 Å². The zero-order valence-electron chi connectivity index (χ0n) is 11.9. The monoisotopic (exact) mass is 306 g/mol. The van der Waals surface area contributed by atoms with Crippen molar-refractivity contribution >= 4 is 17.5 Å². The quantitative estimate of drug-likeness (QED) is 0.740. The second kappa shape index (κ2) is 6.85. The topological polar surface area (TPSA) is 17.1 Å². The molecule has 1 atom stereocenters. The molecule has 21 heavy (non-hydrogen) atoms. The molecule has 0 saturated carbocycles. The Kier molecular flexibility index (Phi) is 5.12. The minimum atomic E-state index is -0.803. The highest BCUT2D eigenvalue weighted by Gasteiger charge is 2.19. The zero-order valence-corrected chi connectivity index (χ0v) is 12.7. The summed E-state index contributed by atoms with van der Waals surface area (Å²) < 4.78 is 26.5. The maximum absolute atomic E-state index is 13.6. The van der Waals surface area contributed by atoms with Gasteiger partial charge in [0.1, 0.15) is 11.6 Å². The predicted octanol–water partition coefficient (Wildman–Crippen LogP) is 4.78. The second-order valence-corrected chi connectivity index (χ2v) is 6.26. The standard InChI is InChI=1S/C17H16F2OS/c1-11-4-3-5-13(8-11)10-21-12(2)17(20)15-7-6-14(18)9-16(15)19/h3-9,12H,10H2,1-2H3. The van der Waals surface area contributed by atoms with E-state index in [1.165, 1.54) is 17.8 Å². The third kappa shape index (κ3) is 4.14. The van der Waals surface area contributed by atoms with Crippen LogP contribution in [0, 0.1) is 18.6 Å². The van der Waals surface area contributed by atoms with E-state index in [1.54, 1.807) is 6.92 Å². The van der Waals surface area contributed by atoms with Crippen molar-refractivity contribution in [2.24, 2.45) is 0 Å². The van der Waals surface area contributed by atoms with Gasteiger partial charge < -0.3 is 0 Å². The van der Waals surface area contributed by atoms with Gasteiger partial charge in [-0.2, -0.15) is 0 Å². The average Bonchev–Trinajstić information content (AvgIpc) is 2.44. The number of aryl methyl sites for hydroxylation is 1. The summed E-state index contributed by atoms with van der Waals surface area (Å²) in [6, 6.07) is 11.1. The lowest BCUT2D eigenvalue weighted by Gasteiger charge is -2.11. The van der Waals surface area contributed by atoms with Crippen LogP contribution in [0.3, 0.4) is 0 Å². The van der Waals surface area contributed by atoms with Crippen LogP contribution in [0.4, 0.5) is 8.78 Å². The van der Waals surface area contributed by atoms with Crippen LogP contribution in [-0.4, -0.2) is 11.0 Å². The van der Waals surface area contributed by atoms with Gasteiger partial charge in [-0.05, 0) is 31.5 Å². The molecular weight excluding hydrogens is 290 g/mol. The number of carbonyl (C=O) groups is 1. The zero-order chi connectivity index (χ0) is 15.4. The Morgan fingerprint density at radius 1 is 1.19 bits per heavy atom. The number of carbonyl (C=O) groups excluding carboxylic acids is 1. The Hall–Kier alpha value is -1.68. The summed E-state index contributed by atoms with van der Waals surface area (Å²) in [7, 11) is 0. The average molecular weight is 306 g/mol. The summed E-state index contributed by atoms with van der Waals surface area (Å²) in [4.78, 5) is 12.2. The smallest absolute Gasteiger partial charge is 0.178 e. The van der Waals surface area contributed by atoms with E-state index >= 15 is 0 Å². The van der Waals surface area contributed by atoms with Gasteiger partial charge in [0.2, 0.25) is 0 Å². The van der Waals surface area contributed by atoms with E-state index in [-0.39, 0.29) is 16.6 Å². The number of thioether (sulfide) groups is 1. The number of benzene rings is 2. The number of hydrogen-bond acceptors (Lipinski definition) is 2. The van der Waals surface area contributed by atoms with Gasteiger partial charge in [0, 0.05) is 11.8 Å². The van der Waals surface area contributed by atoms with Gasteiger partial charge in [-0.15, -0.1) is 11.8 Å². The van der Waals surface area contributed by atoms with Crippen LogP contribution in [0.5, 0.6) is 0 Å². The largest absolute Gasteiger partial charge is 0.293 e. The van der Waals surface area contributed by atoms with Crippen LogP contribution in [0.25, 0.3) is 0 Å². The Balaban J connectivity index is 2.02. The van der Waals surface area contributed by atoms with Crippen molar-refractivity contribution in [3.8, 4) is 0 Å². The first kappa shape index (κ1) is 15.7. The molecule has 1 unspecified atom stereocenters. The highest BCUT2D eigenvalue weighted by Crippen LogP contribution is 2.23. The third-order valence-corrected chi connectivity index (χ3v) is 4.36. The Labute approximate surface area is 127 Å². The number of halogens is 2. The SMILES string of the molecule is Cc1cccc(CSC(C)C(=O)c2ccc(F)cc2F)c1. The lowest BCUT2D eigenvalue weighted by molar-refractivity contribution is 0.0990. The number of hydrogen-bond donors (Lipinski definition) is 0. The van der Waals surface area contributed by atoms with Gasteiger partial charge in [-0.25, -0.2) is 8.78 Å². The molecule has 0 spiro atoms. The lowest BCUT2D eigenvalue weighted by Crippen LogP contribution is -2.15. The van der Waals surface area contributed by atoms with Crippen molar-refractivity contribution in [2.75, 3.05) is 0 Å². The Morgan fingerprint density at radius 3 is 2.62 bits per heavy atom. The molecule has 0 saturated heterocycles. The van der Waals surface area contributed by atoms with Gasteiger partial charge in [-0.3, -0.25) is 4.79 Å². The summed E-state index contributed by atoms with van der Waals surface area (Å²) in [6.45, 7) is 3.75. The van der Waals surface area contributed by atoms with Gasteiger partial charge >= 0.3 is 0 Å². The molecule has 0 bridgehead atoms. The number of Topliss-reactive ketones (excluding diaryl/α,β-unsaturated/α-hetero) is 1. The van der Waals surface area contributed by atoms with Crippen molar-refractivity contribution < 1.29 is 13.6 Å². The van der Waals surface area contributed by atoms with Crippen LogP contribution >= 0.6 is 11.8 Å². The lowest BCUT2D eigenvalue weighted by atomic mass is 10.1. The number of ketones is 1. The van der Waals surface area contributed by atoms with E-state index in [4.69, 9.17) is 0 Å². The summed E-state index contributed by atoms with van der Waals surface area (Å²) in [6.07, 6.45) is 0. The molecule has 0 aromatic heterocycles. The summed E-state index contributed by atoms with van der Waals surface area (Å²) in [5.74, 6) is -1.12. The van der Waals surface area contributed by atoms with E-state index in [0.29, 0.717) is 5.75 Å². The summed E-state index contributed by atoms with van der Waals surface area (Å²) >= 11 is 1.44. The third-order valence-electron chi connectivity index (χ3n) is 3.15. The molecule has 110 valence electrons. The van der Waals surface area contributed by atoms with Crippen molar-refractivity contribution in [3.05, 3.63) is 70.8 Å². The molecule has 0 aliphatic carbocycles. The molecule has 2 aromatic carbocycles. The molecular formula is C17H16F2OS. The highest BCUT2D eigenvalue weighted by molar-refractivity contribution is 7.99. The van der Waals surface area contributed by atoms with Crippen LogP contribution in [0.15, 0.2) is 42.5 Å². The Morgan fingerprint density at radius 2 is 1.95 bits per heavy atom. The van der Waals surface area contributed by atoms with Crippen LogP contribution in [-0.2, 0) is 5.75 Å². The summed E-state index contributed by atoms with van der Waals surface area (Å²) in [5.41, 5.74) is 2.23. The normalized spacial score (nSPS) is 12.2. The van der Waals surface area contributed by atoms with Crippen LogP contribution < -0.4 is 0 Å². The molecule has 0 heterocycles. The second-order valence-electron chi connectivity index (χ2n) is 4.93. The number of rotatable bonds is 5. The molecule has 1 nitrogen and oxygen atoms in total. The van der Waals surface area contributed by atoms with E-state index in [2.05, 4.69) is 6.07 Å². The van der Waals surface area contributed by atoms with Crippen molar-refractivity contribution in [1.29, 1.82) is 0 Å². The van der Waals surface area contributed by atoms with Crippen LogP contribution in [0.1, 0.15) is 28.4 Å². The molecule has 2 aromatic rings. The molecule has 2 rings (SSSR count). The molecule has 0 radical (unpaired) electrons. The fraction of sp³-hybridized carbons (Fsp3) is 0.235. The summed E-state index contributed by atoms with van der Waals surface area (Å²) in [5, 5.41) is -0.384. The molecule has 0 aliphatic heterocycles.